The van der Waals surface area contributed by atoms with Crippen LogP contribution in [0.2, 0.25) is 0 Å². The third-order valence-electron chi connectivity index (χ3n) is 2.76. The maximum Gasteiger partial charge on any atom is 0.148 e. The highest BCUT2D eigenvalue weighted by atomic mass is 16.5. The lowest BCUT2D eigenvalue weighted by Crippen LogP contribution is -2.06. The Morgan fingerprint density at radius 2 is 2.00 bits per heavy atom. The van der Waals surface area contributed by atoms with Crippen molar-refractivity contribution in [1.29, 1.82) is 0 Å². The molecule has 3 nitrogen and oxygen atoms in total. The molecule has 0 aliphatic carbocycles. The van der Waals surface area contributed by atoms with Crippen molar-refractivity contribution in [1.82, 2.24) is 10.3 Å². The summed E-state index contributed by atoms with van der Waals surface area (Å²) in [6, 6.07) is 10.0. The Morgan fingerprint density at radius 3 is 2.72 bits per heavy atom. The molecule has 1 heterocycles. The zero-order valence-electron chi connectivity index (χ0n) is 11.0. The van der Waals surface area contributed by atoms with Crippen LogP contribution in [0.15, 0.2) is 36.5 Å². The first-order valence-corrected chi connectivity index (χ1v) is 6.04. The van der Waals surface area contributed by atoms with Gasteiger partial charge in [-0.15, -0.1) is 0 Å². The van der Waals surface area contributed by atoms with E-state index in [0.717, 1.165) is 29.3 Å². The Labute approximate surface area is 108 Å². The summed E-state index contributed by atoms with van der Waals surface area (Å²) in [6.45, 7) is 4.82. The van der Waals surface area contributed by atoms with E-state index < -0.39 is 0 Å². The van der Waals surface area contributed by atoms with E-state index in [1.807, 2.05) is 32.2 Å². The molecule has 0 amide bonds. The van der Waals surface area contributed by atoms with Gasteiger partial charge in [0.1, 0.15) is 11.5 Å². The molecule has 0 fully saturated rings. The van der Waals surface area contributed by atoms with Crippen LogP contribution in [0.5, 0.6) is 11.5 Å². The Balaban J connectivity index is 2.31. The monoisotopic (exact) mass is 242 g/mol. The second-order valence-corrected chi connectivity index (χ2v) is 4.33. The van der Waals surface area contributed by atoms with Crippen LogP contribution < -0.4 is 10.1 Å². The Morgan fingerprint density at radius 1 is 1.17 bits per heavy atom. The summed E-state index contributed by atoms with van der Waals surface area (Å²) in [5.74, 6) is 1.68. The number of ether oxygens (including phenoxy) is 1. The van der Waals surface area contributed by atoms with Crippen LogP contribution >= 0.6 is 0 Å². The first-order valence-electron chi connectivity index (χ1n) is 6.04. The molecule has 18 heavy (non-hydrogen) atoms. The highest BCUT2D eigenvalue weighted by Crippen LogP contribution is 2.27. The first-order chi connectivity index (χ1) is 8.70. The van der Waals surface area contributed by atoms with Crippen LogP contribution in [0.4, 0.5) is 0 Å². The lowest BCUT2D eigenvalue weighted by atomic mass is 10.1. The van der Waals surface area contributed by atoms with Gasteiger partial charge >= 0.3 is 0 Å². The number of aryl methyl sites for hydroxylation is 2. The minimum Gasteiger partial charge on any atom is -0.455 e. The average molecular weight is 242 g/mol. The summed E-state index contributed by atoms with van der Waals surface area (Å²) in [5, 5.41) is 3.16. The summed E-state index contributed by atoms with van der Waals surface area (Å²) in [5.41, 5.74) is 3.28. The molecule has 0 saturated carbocycles. The van der Waals surface area contributed by atoms with Crippen LogP contribution in [0.1, 0.15) is 16.8 Å². The fraction of sp³-hybridized carbons (Fsp3) is 0.267. The zero-order chi connectivity index (χ0) is 13.0. The number of hydrogen-bond donors (Lipinski definition) is 1. The maximum absolute atomic E-state index is 5.95. The van der Waals surface area contributed by atoms with E-state index in [9.17, 15) is 0 Å². The van der Waals surface area contributed by atoms with E-state index in [1.165, 1.54) is 5.56 Å². The molecular formula is C15H18N2O. The third kappa shape index (κ3) is 2.87. The third-order valence-corrected chi connectivity index (χ3v) is 2.76. The summed E-state index contributed by atoms with van der Waals surface area (Å²) in [7, 11) is 1.93. The summed E-state index contributed by atoms with van der Waals surface area (Å²) >= 11 is 0. The van der Waals surface area contributed by atoms with E-state index >= 15 is 0 Å². The SMILES string of the molecule is CNCc1cc(C)ccc1Oc1cccnc1C. The van der Waals surface area contributed by atoms with E-state index in [2.05, 4.69) is 29.4 Å². The lowest BCUT2D eigenvalue weighted by molar-refractivity contribution is 0.467. The van der Waals surface area contributed by atoms with Gasteiger partial charge < -0.3 is 10.1 Å². The largest absolute Gasteiger partial charge is 0.455 e. The van der Waals surface area contributed by atoms with Crippen LogP contribution in [0.3, 0.4) is 0 Å². The van der Waals surface area contributed by atoms with Crippen LogP contribution in [-0.4, -0.2) is 12.0 Å². The smallest absolute Gasteiger partial charge is 0.148 e. The van der Waals surface area contributed by atoms with E-state index in [1.54, 1.807) is 6.20 Å². The normalized spacial score (nSPS) is 10.4. The molecule has 0 spiro atoms. The molecule has 1 aromatic heterocycles. The number of rotatable bonds is 4. The molecule has 1 N–H and O–H groups in total. The van der Waals surface area contributed by atoms with Gasteiger partial charge in [0.2, 0.25) is 0 Å². The number of aromatic nitrogens is 1. The van der Waals surface area contributed by atoms with E-state index in [-0.39, 0.29) is 0 Å². The van der Waals surface area contributed by atoms with Crippen molar-refractivity contribution in [2.45, 2.75) is 20.4 Å². The molecule has 94 valence electrons. The van der Waals surface area contributed by atoms with Gasteiger partial charge in [-0.2, -0.15) is 0 Å². The van der Waals surface area contributed by atoms with Crippen molar-refractivity contribution >= 4 is 0 Å². The van der Waals surface area contributed by atoms with Crippen molar-refractivity contribution in [3.05, 3.63) is 53.3 Å². The fourth-order valence-electron chi connectivity index (χ4n) is 1.83. The molecule has 0 atom stereocenters. The van der Waals surface area contributed by atoms with Gasteiger partial charge in [0, 0.05) is 18.3 Å². The number of nitrogens with zero attached hydrogens (tertiary/aromatic N) is 1. The average Bonchev–Trinajstić information content (AvgIpc) is 2.35. The maximum atomic E-state index is 5.95. The number of benzene rings is 1. The molecule has 2 aromatic rings. The standard InChI is InChI=1S/C15H18N2O/c1-11-6-7-15(13(9-11)10-16-3)18-14-5-4-8-17-12(14)2/h4-9,16H,10H2,1-3H3. The molecule has 0 saturated heterocycles. The van der Waals surface area contributed by atoms with Gasteiger partial charge in [-0.1, -0.05) is 17.7 Å². The lowest BCUT2D eigenvalue weighted by Gasteiger charge is -2.13. The predicted molar refractivity (Wildman–Crippen MR) is 73.0 cm³/mol. The Kier molecular flexibility index (Phi) is 3.95. The topological polar surface area (TPSA) is 34.1 Å². The van der Waals surface area contributed by atoms with Gasteiger partial charge in [0.15, 0.2) is 0 Å². The van der Waals surface area contributed by atoms with Gasteiger partial charge in [0.25, 0.3) is 0 Å². The summed E-state index contributed by atoms with van der Waals surface area (Å²) in [6.07, 6.45) is 1.77. The molecule has 3 heteroatoms. The molecule has 0 aliphatic heterocycles. The van der Waals surface area contributed by atoms with Gasteiger partial charge in [-0.25, -0.2) is 0 Å². The predicted octanol–water partition coefficient (Wildman–Crippen LogP) is 3.21. The molecule has 0 radical (unpaired) electrons. The minimum absolute atomic E-state index is 0.788. The second-order valence-electron chi connectivity index (χ2n) is 4.33. The van der Waals surface area contributed by atoms with Crippen LogP contribution in [-0.2, 0) is 6.54 Å². The molecule has 1 aromatic carbocycles. The van der Waals surface area contributed by atoms with Crippen LogP contribution in [0, 0.1) is 13.8 Å². The molecular weight excluding hydrogens is 224 g/mol. The zero-order valence-corrected chi connectivity index (χ0v) is 11.0. The number of hydrogen-bond acceptors (Lipinski definition) is 3. The highest BCUT2D eigenvalue weighted by molar-refractivity contribution is 5.41. The summed E-state index contributed by atoms with van der Waals surface area (Å²) < 4.78 is 5.95. The van der Waals surface area contributed by atoms with E-state index in [4.69, 9.17) is 4.74 Å². The van der Waals surface area contributed by atoms with Gasteiger partial charge in [-0.3, -0.25) is 4.98 Å². The van der Waals surface area contributed by atoms with E-state index in [0.29, 0.717) is 0 Å². The van der Waals surface area contributed by atoms with Crippen molar-refractivity contribution < 1.29 is 4.74 Å². The molecule has 0 aliphatic rings. The Bertz CT molecular complexity index is 538. The first kappa shape index (κ1) is 12.6. The Hall–Kier alpha value is -1.87. The quantitative estimate of drug-likeness (QED) is 0.894. The molecule has 0 unspecified atom stereocenters. The fourth-order valence-corrected chi connectivity index (χ4v) is 1.83. The van der Waals surface area contributed by atoms with Gasteiger partial charge in [0.05, 0.1) is 5.69 Å². The summed E-state index contributed by atoms with van der Waals surface area (Å²) in [4.78, 5) is 4.23. The number of nitrogens with one attached hydrogen (secondary N) is 1. The number of pyridine rings is 1. The van der Waals surface area contributed by atoms with Crippen molar-refractivity contribution in [2.24, 2.45) is 0 Å². The second kappa shape index (κ2) is 5.65. The molecule has 0 bridgehead atoms. The highest BCUT2D eigenvalue weighted by Gasteiger charge is 2.06. The van der Waals surface area contributed by atoms with Gasteiger partial charge in [-0.05, 0) is 39.1 Å². The molecule has 2 rings (SSSR count). The van der Waals surface area contributed by atoms with Crippen molar-refractivity contribution in [3.63, 3.8) is 0 Å². The van der Waals surface area contributed by atoms with Crippen LogP contribution in [0.25, 0.3) is 0 Å². The minimum atomic E-state index is 0.788. The van der Waals surface area contributed by atoms with Crippen molar-refractivity contribution in [3.8, 4) is 11.5 Å². The van der Waals surface area contributed by atoms with Crippen molar-refractivity contribution in [2.75, 3.05) is 7.05 Å².